The number of halogens is 2. The van der Waals surface area contributed by atoms with E-state index in [0.29, 0.717) is 0 Å². The lowest BCUT2D eigenvalue weighted by Gasteiger charge is -2.10. The second kappa shape index (κ2) is 7.28. The van der Waals surface area contributed by atoms with Gasteiger partial charge in [0.15, 0.2) is 0 Å². The Morgan fingerprint density at radius 1 is 1.46 bits per heavy atom. The van der Waals surface area contributed by atoms with E-state index in [1.807, 2.05) is 0 Å². The van der Waals surface area contributed by atoms with Crippen molar-refractivity contribution in [2.45, 2.75) is 6.54 Å². The summed E-state index contributed by atoms with van der Waals surface area (Å²) in [6, 6.07) is 3.70. The van der Waals surface area contributed by atoms with E-state index in [2.05, 4.69) is 10.4 Å². The van der Waals surface area contributed by atoms with Crippen molar-refractivity contribution >= 4 is 40.5 Å². The van der Waals surface area contributed by atoms with Crippen LogP contribution in [0.2, 0.25) is 10.0 Å². The van der Waals surface area contributed by atoms with Gasteiger partial charge in [0.05, 0.1) is 35.0 Å². The first-order valence-electron chi connectivity index (χ1n) is 6.37. The number of methoxy groups -OCH3 is 1. The molecule has 0 fully saturated rings. The van der Waals surface area contributed by atoms with Gasteiger partial charge in [-0.05, 0) is 6.07 Å². The molecule has 126 valence electrons. The van der Waals surface area contributed by atoms with Crippen molar-refractivity contribution in [3.63, 3.8) is 0 Å². The van der Waals surface area contributed by atoms with Crippen molar-refractivity contribution in [3.8, 4) is 5.75 Å². The van der Waals surface area contributed by atoms with E-state index in [1.165, 1.54) is 25.3 Å². The minimum absolute atomic E-state index is 0.0182. The summed E-state index contributed by atoms with van der Waals surface area (Å²) < 4.78 is 5.84. The molecule has 1 N–H and O–H groups in total. The van der Waals surface area contributed by atoms with E-state index >= 15 is 0 Å². The number of nitrogens with one attached hydrogen (secondary N) is 1. The number of aromatic nitrogens is 2. The molecule has 0 unspecified atom stereocenters. The van der Waals surface area contributed by atoms with Gasteiger partial charge in [0.2, 0.25) is 5.91 Å². The van der Waals surface area contributed by atoms with Crippen LogP contribution in [0.15, 0.2) is 29.2 Å². The quantitative estimate of drug-likeness (QED) is 0.634. The number of rotatable bonds is 5. The van der Waals surface area contributed by atoms with Gasteiger partial charge in [-0.3, -0.25) is 19.7 Å². The normalized spacial score (nSPS) is 10.3. The highest BCUT2D eigenvalue weighted by Gasteiger charge is 2.15. The van der Waals surface area contributed by atoms with Crippen LogP contribution in [0.5, 0.6) is 5.75 Å². The zero-order valence-electron chi connectivity index (χ0n) is 12.2. The van der Waals surface area contributed by atoms with Crippen LogP contribution in [0.1, 0.15) is 0 Å². The monoisotopic (exact) mass is 372 g/mol. The molecule has 0 aliphatic carbocycles. The summed E-state index contributed by atoms with van der Waals surface area (Å²) in [6.45, 7) is -0.421. The van der Waals surface area contributed by atoms with Crippen molar-refractivity contribution in [1.29, 1.82) is 0 Å². The van der Waals surface area contributed by atoms with Gasteiger partial charge in [0.1, 0.15) is 17.3 Å². The minimum atomic E-state index is -0.713. The predicted octanol–water partition coefficient (Wildman–Crippen LogP) is 2.11. The van der Waals surface area contributed by atoms with Gasteiger partial charge in [-0.2, -0.15) is 5.10 Å². The van der Waals surface area contributed by atoms with Crippen LogP contribution in [-0.4, -0.2) is 27.7 Å². The molecule has 0 bridgehead atoms. The SMILES string of the molecule is COc1cc([N+](=O)[O-])ccc1NC(=O)Cn1ncc(Cl)c(Cl)c1=O. The van der Waals surface area contributed by atoms with Crippen molar-refractivity contribution in [1.82, 2.24) is 9.78 Å². The Labute approximate surface area is 144 Å². The zero-order chi connectivity index (χ0) is 17.9. The van der Waals surface area contributed by atoms with Gasteiger partial charge in [0, 0.05) is 6.07 Å². The number of amides is 1. The Morgan fingerprint density at radius 2 is 2.17 bits per heavy atom. The first-order valence-corrected chi connectivity index (χ1v) is 7.12. The summed E-state index contributed by atoms with van der Waals surface area (Å²) in [5.74, 6) is -0.498. The van der Waals surface area contributed by atoms with Crippen LogP contribution in [0.25, 0.3) is 0 Å². The lowest BCUT2D eigenvalue weighted by molar-refractivity contribution is -0.384. The minimum Gasteiger partial charge on any atom is -0.494 e. The molecule has 0 atom stereocenters. The van der Waals surface area contributed by atoms with Gasteiger partial charge in [-0.15, -0.1) is 0 Å². The smallest absolute Gasteiger partial charge is 0.287 e. The summed E-state index contributed by atoms with van der Waals surface area (Å²) in [7, 11) is 1.31. The van der Waals surface area contributed by atoms with Gasteiger partial charge in [0.25, 0.3) is 11.2 Å². The number of hydrogen-bond donors (Lipinski definition) is 1. The molecule has 1 aromatic carbocycles. The fourth-order valence-corrected chi connectivity index (χ4v) is 2.05. The summed E-state index contributed by atoms with van der Waals surface area (Å²) >= 11 is 11.4. The second-order valence-electron chi connectivity index (χ2n) is 4.46. The van der Waals surface area contributed by atoms with Crippen LogP contribution in [0.4, 0.5) is 11.4 Å². The molecular formula is C13H10Cl2N4O5. The summed E-state index contributed by atoms with van der Waals surface area (Å²) in [5.41, 5.74) is -0.691. The van der Waals surface area contributed by atoms with E-state index in [9.17, 15) is 19.7 Å². The molecule has 1 amide bonds. The topological polar surface area (TPSA) is 116 Å². The number of non-ortho nitro benzene ring substituents is 1. The summed E-state index contributed by atoms with van der Waals surface area (Å²) in [5, 5.41) is 16.7. The Kier molecular flexibility index (Phi) is 5.37. The molecular weight excluding hydrogens is 363 g/mol. The highest BCUT2D eigenvalue weighted by atomic mass is 35.5. The molecule has 0 spiro atoms. The Morgan fingerprint density at radius 3 is 2.79 bits per heavy atom. The van der Waals surface area contributed by atoms with Crippen LogP contribution < -0.4 is 15.6 Å². The number of hydrogen-bond acceptors (Lipinski definition) is 6. The molecule has 24 heavy (non-hydrogen) atoms. The van der Waals surface area contributed by atoms with Gasteiger partial charge >= 0.3 is 0 Å². The fourth-order valence-electron chi connectivity index (χ4n) is 1.78. The van der Waals surface area contributed by atoms with Crippen LogP contribution in [0, 0.1) is 10.1 Å². The maximum atomic E-state index is 12.0. The molecule has 2 aromatic rings. The van der Waals surface area contributed by atoms with E-state index in [0.717, 1.165) is 10.9 Å². The first-order chi connectivity index (χ1) is 11.3. The number of carbonyl (C=O) groups excluding carboxylic acids is 1. The highest BCUT2D eigenvalue weighted by Crippen LogP contribution is 2.28. The third kappa shape index (κ3) is 3.81. The number of nitro benzene ring substituents is 1. The van der Waals surface area contributed by atoms with Crippen LogP contribution in [-0.2, 0) is 11.3 Å². The van der Waals surface area contributed by atoms with E-state index in [4.69, 9.17) is 27.9 Å². The first kappa shape index (κ1) is 17.7. The van der Waals surface area contributed by atoms with E-state index < -0.39 is 22.9 Å². The largest absolute Gasteiger partial charge is 0.494 e. The van der Waals surface area contributed by atoms with Crippen molar-refractivity contribution in [2.75, 3.05) is 12.4 Å². The van der Waals surface area contributed by atoms with E-state index in [-0.39, 0.29) is 27.2 Å². The molecule has 1 heterocycles. The second-order valence-corrected chi connectivity index (χ2v) is 5.24. The standard InChI is InChI=1S/C13H10Cl2N4O5/c1-24-10-4-7(19(22)23)2-3-9(10)17-11(20)6-18-13(21)12(15)8(14)5-16-18/h2-5H,6H2,1H3,(H,17,20). The number of nitrogens with zero attached hydrogens (tertiary/aromatic N) is 3. The third-order valence-corrected chi connectivity index (χ3v) is 3.65. The van der Waals surface area contributed by atoms with Crippen molar-refractivity contribution in [2.24, 2.45) is 0 Å². The fraction of sp³-hybridized carbons (Fsp3) is 0.154. The van der Waals surface area contributed by atoms with Crippen molar-refractivity contribution in [3.05, 3.63) is 54.9 Å². The molecule has 0 radical (unpaired) electrons. The average molecular weight is 373 g/mol. The van der Waals surface area contributed by atoms with Gasteiger partial charge < -0.3 is 10.1 Å². The average Bonchev–Trinajstić information content (AvgIpc) is 2.55. The molecule has 11 heteroatoms. The Bertz CT molecular complexity index is 868. The number of benzene rings is 1. The molecule has 0 aliphatic rings. The van der Waals surface area contributed by atoms with Gasteiger partial charge in [-0.25, -0.2) is 4.68 Å². The number of anilines is 1. The zero-order valence-corrected chi connectivity index (χ0v) is 13.7. The number of nitro groups is 1. The Balaban J connectivity index is 2.20. The molecule has 0 saturated carbocycles. The Hall–Kier alpha value is -2.65. The highest BCUT2D eigenvalue weighted by molar-refractivity contribution is 6.41. The molecule has 2 rings (SSSR count). The molecule has 9 nitrogen and oxygen atoms in total. The number of ether oxygens (including phenoxy) is 1. The summed E-state index contributed by atoms with van der Waals surface area (Å²) in [6.07, 6.45) is 1.14. The molecule has 1 aromatic heterocycles. The third-order valence-electron chi connectivity index (χ3n) is 2.91. The van der Waals surface area contributed by atoms with Crippen LogP contribution in [0.3, 0.4) is 0 Å². The van der Waals surface area contributed by atoms with Crippen LogP contribution >= 0.6 is 23.2 Å². The summed E-state index contributed by atoms with van der Waals surface area (Å²) in [4.78, 5) is 34.0. The maximum absolute atomic E-state index is 12.0. The van der Waals surface area contributed by atoms with E-state index in [1.54, 1.807) is 0 Å². The van der Waals surface area contributed by atoms with Crippen molar-refractivity contribution < 1.29 is 14.5 Å². The number of carbonyl (C=O) groups is 1. The van der Waals surface area contributed by atoms with Gasteiger partial charge in [-0.1, -0.05) is 23.2 Å². The lowest BCUT2D eigenvalue weighted by Crippen LogP contribution is -2.29. The maximum Gasteiger partial charge on any atom is 0.287 e. The predicted molar refractivity (Wildman–Crippen MR) is 86.8 cm³/mol. The lowest BCUT2D eigenvalue weighted by atomic mass is 10.2. The molecule has 0 saturated heterocycles. The molecule has 0 aliphatic heterocycles.